The van der Waals surface area contributed by atoms with E-state index in [1.165, 1.54) is 6.92 Å². The Labute approximate surface area is 61.4 Å². The fourth-order valence-corrected chi connectivity index (χ4v) is 0.697. The average Bonchev–Trinajstić information content (AvgIpc) is 1.85. The maximum Gasteiger partial charge on any atom is 0.216 e. The predicted octanol–water partition coefficient (Wildman–Crippen LogP) is 0.283. The Bertz CT molecular complexity index is 104. The molecule has 3 nitrogen and oxygen atoms in total. The second kappa shape index (κ2) is 5.23. The summed E-state index contributed by atoms with van der Waals surface area (Å²) in [4.78, 5) is 10.3. The Balaban J connectivity index is 3.21. The van der Waals surface area contributed by atoms with Crippen molar-refractivity contribution in [3.05, 3.63) is 0 Å². The Morgan fingerprint density at radius 2 is 2.30 bits per heavy atom. The van der Waals surface area contributed by atoms with E-state index in [2.05, 4.69) is 5.32 Å². The van der Waals surface area contributed by atoms with E-state index in [4.69, 9.17) is 5.11 Å². The molecule has 0 spiro atoms. The summed E-state index contributed by atoms with van der Waals surface area (Å²) in [6, 6.07) is 0. The van der Waals surface area contributed by atoms with Crippen LogP contribution in [0.3, 0.4) is 0 Å². The average molecular weight is 145 g/mol. The van der Waals surface area contributed by atoms with Crippen LogP contribution in [0.5, 0.6) is 0 Å². The molecule has 60 valence electrons. The second-order valence-corrected chi connectivity index (χ2v) is 2.38. The molecule has 0 saturated carbocycles. The van der Waals surface area contributed by atoms with Crippen LogP contribution in [0.25, 0.3) is 0 Å². The molecule has 0 saturated heterocycles. The molecule has 0 aromatic heterocycles. The molecule has 0 radical (unpaired) electrons. The summed E-state index contributed by atoms with van der Waals surface area (Å²) in [5.41, 5.74) is 0. The van der Waals surface area contributed by atoms with Crippen LogP contribution in [0.4, 0.5) is 0 Å². The van der Waals surface area contributed by atoms with Gasteiger partial charge in [-0.2, -0.15) is 0 Å². The zero-order chi connectivity index (χ0) is 7.98. The Kier molecular flexibility index (Phi) is 4.94. The third-order valence-corrected chi connectivity index (χ3v) is 1.21. The first-order valence-corrected chi connectivity index (χ1v) is 3.59. The van der Waals surface area contributed by atoms with Crippen LogP contribution < -0.4 is 5.32 Å². The number of carbonyl (C=O) groups is 1. The fraction of sp³-hybridized carbons (Fsp3) is 0.857. The summed E-state index contributed by atoms with van der Waals surface area (Å²) in [6.07, 6.45) is 1.31. The second-order valence-electron chi connectivity index (χ2n) is 2.38. The highest BCUT2D eigenvalue weighted by atomic mass is 16.3. The number of aliphatic hydroxyl groups is 1. The van der Waals surface area contributed by atoms with Crippen LogP contribution in [0.15, 0.2) is 0 Å². The summed E-state index contributed by atoms with van der Waals surface area (Å²) in [5.74, 6) is -0.0878. The van der Waals surface area contributed by atoms with Gasteiger partial charge in [-0.05, 0) is 6.42 Å². The predicted molar refractivity (Wildman–Crippen MR) is 39.6 cm³/mol. The number of hydrogen-bond donors (Lipinski definition) is 2. The van der Waals surface area contributed by atoms with Crippen molar-refractivity contribution < 1.29 is 9.90 Å². The zero-order valence-corrected chi connectivity index (χ0v) is 6.55. The molecule has 0 heterocycles. The molecule has 0 aliphatic heterocycles. The SMILES string of the molecule is CCC[C@H](O)CNC(C)=O. The maximum absolute atomic E-state index is 10.3. The van der Waals surface area contributed by atoms with Crippen LogP contribution in [-0.2, 0) is 4.79 Å². The molecule has 0 unspecified atom stereocenters. The quantitative estimate of drug-likeness (QED) is 0.597. The first kappa shape index (κ1) is 9.43. The third kappa shape index (κ3) is 5.56. The van der Waals surface area contributed by atoms with Crippen molar-refractivity contribution in [2.75, 3.05) is 6.54 Å². The lowest BCUT2D eigenvalue weighted by Gasteiger charge is -2.08. The van der Waals surface area contributed by atoms with Crippen molar-refractivity contribution in [2.24, 2.45) is 0 Å². The van der Waals surface area contributed by atoms with Gasteiger partial charge >= 0.3 is 0 Å². The van der Waals surface area contributed by atoms with Crippen LogP contribution in [0, 0.1) is 0 Å². The molecular formula is C7H15NO2. The van der Waals surface area contributed by atoms with Gasteiger partial charge in [-0.1, -0.05) is 13.3 Å². The van der Waals surface area contributed by atoms with Crippen LogP contribution >= 0.6 is 0 Å². The van der Waals surface area contributed by atoms with Gasteiger partial charge in [0.2, 0.25) is 5.91 Å². The monoisotopic (exact) mass is 145 g/mol. The summed E-state index contributed by atoms with van der Waals surface area (Å²) >= 11 is 0. The highest BCUT2D eigenvalue weighted by Crippen LogP contribution is 1.93. The summed E-state index contributed by atoms with van der Waals surface area (Å²) in [7, 11) is 0. The summed E-state index contributed by atoms with van der Waals surface area (Å²) in [5, 5.41) is 11.6. The standard InChI is InChI=1S/C7H15NO2/c1-3-4-7(10)5-8-6(2)9/h7,10H,3-5H2,1-2H3,(H,8,9)/t7-/m0/s1. The van der Waals surface area contributed by atoms with Crippen LogP contribution in [-0.4, -0.2) is 23.7 Å². The number of aliphatic hydroxyl groups excluding tert-OH is 1. The molecule has 0 bridgehead atoms. The summed E-state index contributed by atoms with van der Waals surface area (Å²) in [6.45, 7) is 3.82. The van der Waals surface area contributed by atoms with Crippen molar-refractivity contribution in [3.8, 4) is 0 Å². The number of hydrogen-bond acceptors (Lipinski definition) is 2. The van der Waals surface area contributed by atoms with Crippen molar-refractivity contribution >= 4 is 5.91 Å². The Hall–Kier alpha value is -0.570. The van der Waals surface area contributed by atoms with Gasteiger partial charge in [-0.3, -0.25) is 4.79 Å². The largest absolute Gasteiger partial charge is 0.391 e. The normalized spacial score (nSPS) is 12.7. The first-order valence-electron chi connectivity index (χ1n) is 3.59. The van der Waals surface area contributed by atoms with E-state index >= 15 is 0 Å². The number of amides is 1. The molecule has 2 N–H and O–H groups in total. The smallest absolute Gasteiger partial charge is 0.216 e. The lowest BCUT2D eigenvalue weighted by Crippen LogP contribution is -2.29. The minimum atomic E-state index is -0.381. The van der Waals surface area contributed by atoms with E-state index in [0.717, 1.165) is 12.8 Å². The van der Waals surface area contributed by atoms with Gasteiger partial charge in [-0.25, -0.2) is 0 Å². The van der Waals surface area contributed by atoms with Gasteiger partial charge in [0.15, 0.2) is 0 Å². The van der Waals surface area contributed by atoms with Gasteiger partial charge in [0.05, 0.1) is 6.10 Å². The van der Waals surface area contributed by atoms with E-state index in [9.17, 15) is 4.79 Å². The topological polar surface area (TPSA) is 49.3 Å². The molecule has 1 atom stereocenters. The van der Waals surface area contributed by atoms with Crippen molar-refractivity contribution in [3.63, 3.8) is 0 Å². The molecular weight excluding hydrogens is 130 g/mol. The first-order chi connectivity index (χ1) is 4.66. The molecule has 0 aromatic rings. The zero-order valence-electron chi connectivity index (χ0n) is 6.55. The molecule has 0 fully saturated rings. The van der Waals surface area contributed by atoms with Crippen LogP contribution in [0.1, 0.15) is 26.7 Å². The van der Waals surface area contributed by atoms with Crippen molar-refractivity contribution in [1.82, 2.24) is 5.32 Å². The Morgan fingerprint density at radius 1 is 1.70 bits per heavy atom. The molecule has 3 heteroatoms. The molecule has 0 aliphatic rings. The van der Waals surface area contributed by atoms with E-state index < -0.39 is 0 Å². The Morgan fingerprint density at radius 3 is 2.70 bits per heavy atom. The van der Waals surface area contributed by atoms with Gasteiger partial charge in [0.1, 0.15) is 0 Å². The van der Waals surface area contributed by atoms with E-state index in [0.29, 0.717) is 6.54 Å². The lowest BCUT2D eigenvalue weighted by atomic mass is 10.2. The minimum absolute atomic E-state index is 0.0878. The molecule has 1 amide bonds. The number of nitrogens with one attached hydrogen (secondary N) is 1. The molecule has 10 heavy (non-hydrogen) atoms. The van der Waals surface area contributed by atoms with Crippen molar-refractivity contribution in [2.45, 2.75) is 32.8 Å². The number of carbonyl (C=O) groups excluding carboxylic acids is 1. The van der Waals surface area contributed by atoms with E-state index in [1.54, 1.807) is 0 Å². The number of rotatable bonds is 4. The molecule has 0 aliphatic carbocycles. The highest BCUT2D eigenvalue weighted by Gasteiger charge is 2.01. The van der Waals surface area contributed by atoms with Gasteiger partial charge in [0, 0.05) is 13.5 Å². The van der Waals surface area contributed by atoms with Crippen molar-refractivity contribution in [1.29, 1.82) is 0 Å². The van der Waals surface area contributed by atoms with E-state index in [-0.39, 0.29) is 12.0 Å². The maximum atomic E-state index is 10.3. The minimum Gasteiger partial charge on any atom is -0.391 e. The molecule has 0 rings (SSSR count). The lowest BCUT2D eigenvalue weighted by molar-refractivity contribution is -0.119. The van der Waals surface area contributed by atoms with Gasteiger partial charge in [-0.15, -0.1) is 0 Å². The summed E-state index contributed by atoms with van der Waals surface area (Å²) < 4.78 is 0. The third-order valence-electron chi connectivity index (χ3n) is 1.21. The molecule has 0 aromatic carbocycles. The van der Waals surface area contributed by atoms with Crippen LogP contribution in [0.2, 0.25) is 0 Å². The fourth-order valence-electron chi connectivity index (χ4n) is 0.697. The highest BCUT2D eigenvalue weighted by molar-refractivity contribution is 5.72. The van der Waals surface area contributed by atoms with Gasteiger partial charge < -0.3 is 10.4 Å². The van der Waals surface area contributed by atoms with E-state index in [1.807, 2.05) is 6.92 Å². The van der Waals surface area contributed by atoms with Gasteiger partial charge in [0.25, 0.3) is 0 Å².